The highest BCUT2D eigenvalue weighted by Gasteiger charge is 2.55. The van der Waals surface area contributed by atoms with Gasteiger partial charge in [0.05, 0.1) is 23.7 Å². The Morgan fingerprint density at radius 3 is 2.55 bits per heavy atom. The second-order valence-corrected chi connectivity index (χ2v) is 10.5. The van der Waals surface area contributed by atoms with Crippen molar-refractivity contribution in [3.8, 4) is 6.07 Å². The van der Waals surface area contributed by atoms with Crippen molar-refractivity contribution < 1.29 is 14.3 Å². The summed E-state index contributed by atoms with van der Waals surface area (Å²) in [6.07, 6.45) is 4.43. The van der Waals surface area contributed by atoms with Gasteiger partial charge in [-0.25, -0.2) is 0 Å². The van der Waals surface area contributed by atoms with Gasteiger partial charge < -0.3 is 15.2 Å². The third-order valence-corrected chi connectivity index (χ3v) is 8.18. The largest absolute Gasteiger partial charge is 0.381 e. The number of fused-ring (bicyclic) bond motifs is 1. The summed E-state index contributed by atoms with van der Waals surface area (Å²) >= 11 is 0. The summed E-state index contributed by atoms with van der Waals surface area (Å²) in [7, 11) is 1.77. The number of amides is 1. The van der Waals surface area contributed by atoms with E-state index in [1.165, 1.54) is 4.90 Å². The van der Waals surface area contributed by atoms with Crippen molar-refractivity contribution in [2.45, 2.75) is 58.0 Å². The molecule has 1 heterocycles. The highest BCUT2D eigenvalue weighted by Crippen LogP contribution is 2.58. The predicted molar refractivity (Wildman–Crippen MR) is 126 cm³/mol. The Morgan fingerprint density at radius 2 is 1.97 bits per heavy atom. The van der Waals surface area contributed by atoms with Crippen LogP contribution in [-0.4, -0.2) is 49.7 Å². The summed E-state index contributed by atoms with van der Waals surface area (Å²) in [6, 6.07) is 7.98. The maximum Gasteiger partial charge on any atom is 0.237 e. The number of carbonyl (C=O) groups excluding carboxylic acids is 1. The molecule has 3 unspecified atom stereocenters. The number of guanidine groups is 1. The molecular formula is C26H36N4O3. The first-order valence-corrected chi connectivity index (χ1v) is 12.1. The molecule has 7 nitrogen and oxygen atoms in total. The maximum absolute atomic E-state index is 14.2. The van der Waals surface area contributed by atoms with E-state index < -0.39 is 5.92 Å². The lowest BCUT2D eigenvalue weighted by Gasteiger charge is -2.48. The molecule has 178 valence electrons. The zero-order valence-electron chi connectivity index (χ0n) is 20.0. The standard InChI is InChI=1S/C26H36N4O3/c1-16-11-26(12-17(2)23(16)32-3)13-20-5-4-19(14-27)10-21(20)22(26)24(31)30(25(28)29)15-18-6-8-33-9-7-18/h4-5,10,16-18,22-23H,6-9,11-13,15H2,1-3H3,(H3,28,29). The second-order valence-electron chi connectivity index (χ2n) is 10.5. The summed E-state index contributed by atoms with van der Waals surface area (Å²) in [4.78, 5) is 15.7. The minimum atomic E-state index is -0.410. The molecule has 3 aliphatic rings. The summed E-state index contributed by atoms with van der Waals surface area (Å²) < 4.78 is 11.3. The van der Waals surface area contributed by atoms with Crippen LogP contribution in [-0.2, 0) is 20.7 Å². The van der Waals surface area contributed by atoms with Crippen LogP contribution in [0.5, 0.6) is 0 Å². The molecule has 1 aromatic carbocycles. The van der Waals surface area contributed by atoms with Gasteiger partial charge in [0, 0.05) is 26.9 Å². The molecule has 4 rings (SSSR count). The fraction of sp³-hybridized carbons (Fsp3) is 0.654. The van der Waals surface area contributed by atoms with Crippen LogP contribution in [0.1, 0.15) is 62.1 Å². The molecule has 3 atom stereocenters. The Labute approximate surface area is 196 Å². The number of hydrogen-bond acceptors (Lipinski definition) is 5. The molecule has 1 saturated heterocycles. The molecule has 1 amide bonds. The molecule has 2 fully saturated rings. The van der Waals surface area contributed by atoms with E-state index in [0.717, 1.165) is 43.2 Å². The van der Waals surface area contributed by atoms with Gasteiger partial charge >= 0.3 is 0 Å². The Morgan fingerprint density at radius 1 is 1.30 bits per heavy atom. The molecule has 1 spiro atoms. The number of nitrogens with two attached hydrogens (primary N) is 1. The summed E-state index contributed by atoms with van der Waals surface area (Å²) in [5.74, 6) is 0.180. The molecule has 1 aromatic rings. The van der Waals surface area contributed by atoms with Crippen molar-refractivity contribution in [1.29, 1.82) is 10.7 Å². The zero-order chi connectivity index (χ0) is 23.8. The van der Waals surface area contributed by atoms with E-state index in [2.05, 4.69) is 19.9 Å². The number of nitrogens with one attached hydrogen (secondary N) is 1. The van der Waals surface area contributed by atoms with E-state index in [-0.39, 0.29) is 29.3 Å². The van der Waals surface area contributed by atoms with E-state index in [1.807, 2.05) is 18.2 Å². The second kappa shape index (κ2) is 9.44. The molecule has 7 heteroatoms. The van der Waals surface area contributed by atoms with Gasteiger partial charge in [-0.1, -0.05) is 19.9 Å². The number of hydrogen-bond donors (Lipinski definition) is 2. The van der Waals surface area contributed by atoms with Crippen LogP contribution < -0.4 is 5.73 Å². The SMILES string of the molecule is COC1C(C)CC2(Cc3ccc(C#N)cc3C2C(=O)N(CC2CCOCC2)C(=N)N)CC1C. The fourth-order valence-corrected chi connectivity index (χ4v) is 6.95. The fourth-order valence-electron chi connectivity index (χ4n) is 6.95. The van der Waals surface area contributed by atoms with Gasteiger partial charge in [0.1, 0.15) is 0 Å². The molecule has 33 heavy (non-hydrogen) atoms. The highest BCUT2D eigenvalue weighted by atomic mass is 16.5. The number of ether oxygens (including phenoxy) is 2. The quantitative estimate of drug-likeness (QED) is 0.537. The maximum atomic E-state index is 14.2. The van der Waals surface area contributed by atoms with Crippen molar-refractivity contribution in [1.82, 2.24) is 4.90 Å². The molecule has 2 aliphatic carbocycles. The van der Waals surface area contributed by atoms with Gasteiger partial charge in [0.2, 0.25) is 5.91 Å². The molecule has 0 radical (unpaired) electrons. The third kappa shape index (κ3) is 4.39. The molecule has 3 N–H and O–H groups in total. The van der Waals surface area contributed by atoms with Gasteiger partial charge in [0.25, 0.3) is 0 Å². The van der Waals surface area contributed by atoms with Crippen LogP contribution in [0.3, 0.4) is 0 Å². The molecule has 1 saturated carbocycles. The van der Waals surface area contributed by atoms with Gasteiger partial charge in [-0.05, 0) is 78.5 Å². The van der Waals surface area contributed by atoms with E-state index in [0.29, 0.717) is 37.2 Å². The molecule has 0 aromatic heterocycles. The first kappa shape index (κ1) is 23.7. The first-order valence-electron chi connectivity index (χ1n) is 12.1. The Balaban J connectivity index is 1.73. The van der Waals surface area contributed by atoms with Crippen LogP contribution >= 0.6 is 0 Å². The lowest BCUT2D eigenvalue weighted by Crippen LogP contribution is -2.52. The van der Waals surface area contributed by atoms with Crippen molar-refractivity contribution in [3.05, 3.63) is 34.9 Å². The number of nitrogens with zero attached hydrogens (tertiary/aromatic N) is 2. The number of rotatable bonds is 4. The van der Waals surface area contributed by atoms with Crippen LogP contribution in [0.2, 0.25) is 0 Å². The normalized spacial score (nSPS) is 31.7. The summed E-state index contributed by atoms with van der Waals surface area (Å²) in [6.45, 7) is 6.23. The Bertz CT molecular complexity index is 937. The van der Waals surface area contributed by atoms with Crippen LogP contribution in [0.15, 0.2) is 18.2 Å². The van der Waals surface area contributed by atoms with Crippen LogP contribution in [0, 0.1) is 39.9 Å². The average molecular weight is 453 g/mol. The van der Waals surface area contributed by atoms with Crippen molar-refractivity contribution in [2.24, 2.45) is 28.9 Å². The van der Waals surface area contributed by atoms with Crippen molar-refractivity contribution >= 4 is 11.9 Å². The molecule has 0 bridgehead atoms. The van der Waals surface area contributed by atoms with Gasteiger partial charge in [0.15, 0.2) is 5.96 Å². The Kier molecular flexibility index (Phi) is 6.78. The minimum absolute atomic E-state index is 0.0990. The highest BCUT2D eigenvalue weighted by molar-refractivity contribution is 5.99. The smallest absolute Gasteiger partial charge is 0.237 e. The first-order chi connectivity index (χ1) is 15.8. The molecular weight excluding hydrogens is 416 g/mol. The number of carbonyl (C=O) groups is 1. The van der Waals surface area contributed by atoms with Gasteiger partial charge in [-0.2, -0.15) is 5.26 Å². The topological polar surface area (TPSA) is 112 Å². The monoisotopic (exact) mass is 452 g/mol. The van der Waals surface area contributed by atoms with E-state index in [4.69, 9.17) is 20.6 Å². The number of nitriles is 1. The van der Waals surface area contributed by atoms with Crippen molar-refractivity contribution in [2.75, 3.05) is 26.9 Å². The lowest BCUT2D eigenvalue weighted by molar-refractivity contribution is -0.136. The Hall–Kier alpha value is -2.43. The van der Waals surface area contributed by atoms with Crippen LogP contribution in [0.25, 0.3) is 0 Å². The lowest BCUT2D eigenvalue weighted by atomic mass is 9.59. The number of methoxy groups -OCH3 is 1. The van der Waals surface area contributed by atoms with E-state index in [9.17, 15) is 10.1 Å². The average Bonchev–Trinajstić information content (AvgIpc) is 3.08. The zero-order valence-corrected chi connectivity index (χ0v) is 20.0. The van der Waals surface area contributed by atoms with Crippen LogP contribution in [0.4, 0.5) is 0 Å². The van der Waals surface area contributed by atoms with Gasteiger partial charge in [-0.15, -0.1) is 0 Å². The third-order valence-electron chi connectivity index (χ3n) is 8.18. The number of benzene rings is 1. The minimum Gasteiger partial charge on any atom is -0.381 e. The summed E-state index contributed by atoms with van der Waals surface area (Å²) in [5.41, 5.74) is 8.38. The summed E-state index contributed by atoms with van der Waals surface area (Å²) in [5, 5.41) is 17.8. The van der Waals surface area contributed by atoms with Gasteiger partial charge in [-0.3, -0.25) is 15.1 Å². The van der Waals surface area contributed by atoms with E-state index in [1.54, 1.807) is 7.11 Å². The predicted octanol–water partition coefficient (Wildman–Crippen LogP) is 3.41. The van der Waals surface area contributed by atoms with E-state index >= 15 is 0 Å². The van der Waals surface area contributed by atoms with Crippen molar-refractivity contribution in [3.63, 3.8) is 0 Å². The molecule has 1 aliphatic heterocycles.